The summed E-state index contributed by atoms with van der Waals surface area (Å²) in [5, 5.41) is 12.9. The van der Waals surface area contributed by atoms with Crippen LogP contribution in [0.25, 0.3) is 17.2 Å². The van der Waals surface area contributed by atoms with Gasteiger partial charge < -0.3 is 13.7 Å². The average Bonchev–Trinajstić information content (AvgIpc) is 3.77. The molecule has 0 aliphatic carbocycles. The number of nitrogens with two attached hydrogens (primary N) is 1. The Morgan fingerprint density at radius 1 is 1.07 bits per heavy atom. The number of nitrogens with zero attached hydrogens (tertiary/aromatic N) is 10. The first-order chi connectivity index (χ1) is 19.5. The lowest BCUT2D eigenvalue weighted by atomic mass is 10.1. The van der Waals surface area contributed by atoms with Crippen LogP contribution < -0.4 is 10.7 Å². The number of aromatic nitrogens is 2. The van der Waals surface area contributed by atoms with Crippen molar-refractivity contribution in [1.29, 1.82) is 0 Å². The van der Waals surface area contributed by atoms with Crippen molar-refractivity contribution in [3.63, 3.8) is 0 Å². The van der Waals surface area contributed by atoms with Gasteiger partial charge in [-0.3, -0.25) is 9.80 Å². The summed E-state index contributed by atoms with van der Waals surface area (Å²) in [5.41, 5.74) is 3.27. The van der Waals surface area contributed by atoms with E-state index >= 15 is 0 Å². The molecule has 7 rings (SSSR count). The molecular weight excluding hydrogens is 514 g/mol. The summed E-state index contributed by atoms with van der Waals surface area (Å²) >= 11 is 0. The molecule has 1 aromatic carbocycles. The van der Waals surface area contributed by atoms with E-state index in [0.29, 0.717) is 41.3 Å². The zero-order valence-corrected chi connectivity index (χ0v) is 22.2. The highest BCUT2D eigenvalue weighted by Crippen LogP contribution is 2.38. The van der Waals surface area contributed by atoms with Crippen molar-refractivity contribution in [3.8, 4) is 11.5 Å². The second-order valence-electron chi connectivity index (χ2n) is 9.97. The van der Waals surface area contributed by atoms with Crippen LogP contribution >= 0.6 is 0 Å². The van der Waals surface area contributed by atoms with Gasteiger partial charge in [0.2, 0.25) is 18.1 Å². The Balaban J connectivity index is 1.02. The van der Waals surface area contributed by atoms with Crippen molar-refractivity contribution in [2.24, 2.45) is 15.8 Å². The van der Waals surface area contributed by atoms with Crippen LogP contribution in [0, 0.1) is 6.92 Å². The molecule has 2 saturated heterocycles. The van der Waals surface area contributed by atoms with E-state index < -0.39 is 6.29 Å². The SMILES string of the molecule is Cc1nnc(-c2cccc(N3CCN(CCN4C(=O)N(C)N5C6=C(c7ccco7)N=CN(N)C6=NC45)CC3)c2)o1. The van der Waals surface area contributed by atoms with E-state index in [9.17, 15) is 4.79 Å². The highest BCUT2D eigenvalue weighted by Gasteiger charge is 2.51. The lowest BCUT2D eigenvalue weighted by Crippen LogP contribution is -2.49. The molecule has 2 fully saturated rings. The number of anilines is 1. The predicted octanol–water partition coefficient (Wildman–Crippen LogP) is 1.63. The Morgan fingerprint density at radius 2 is 1.93 bits per heavy atom. The van der Waals surface area contributed by atoms with Crippen LogP contribution in [0.1, 0.15) is 11.7 Å². The number of furan rings is 1. The molecule has 0 saturated carbocycles. The number of carbonyl (C=O) groups excluding carboxylic acids is 1. The van der Waals surface area contributed by atoms with E-state index in [0.717, 1.165) is 44.0 Å². The minimum atomic E-state index is -0.530. The molecule has 0 bridgehead atoms. The number of piperazine rings is 1. The topological polar surface area (TPSA) is 139 Å². The lowest BCUT2D eigenvalue weighted by Gasteiger charge is -2.36. The molecule has 0 spiro atoms. The highest BCUT2D eigenvalue weighted by atomic mass is 16.4. The van der Waals surface area contributed by atoms with Crippen molar-refractivity contribution >= 4 is 29.6 Å². The second-order valence-corrected chi connectivity index (χ2v) is 9.97. The van der Waals surface area contributed by atoms with Gasteiger partial charge in [0.05, 0.1) is 6.26 Å². The summed E-state index contributed by atoms with van der Waals surface area (Å²) in [4.78, 5) is 29.1. The van der Waals surface area contributed by atoms with E-state index in [-0.39, 0.29) is 6.03 Å². The van der Waals surface area contributed by atoms with Crippen LogP contribution in [0.4, 0.5) is 10.5 Å². The fraction of sp³-hybridized carbons (Fsp3) is 0.346. The Kier molecular flexibility index (Phi) is 5.78. The van der Waals surface area contributed by atoms with Crippen LogP contribution in [0.2, 0.25) is 0 Å². The quantitative estimate of drug-likeness (QED) is 0.456. The fourth-order valence-corrected chi connectivity index (χ4v) is 5.50. The molecule has 4 aliphatic heterocycles. The molecule has 206 valence electrons. The number of rotatable bonds is 6. The maximum Gasteiger partial charge on any atom is 0.341 e. The van der Waals surface area contributed by atoms with Gasteiger partial charge in [0.25, 0.3) is 0 Å². The first-order valence-corrected chi connectivity index (χ1v) is 13.1. The van der Waals surface area contributed by atoms with E-state index in [2.05, 4.69) is 37.1 Å². The number of fused-ring (bicyclic) bond motifs is 3. The normalized spacial score (nSPS) is 21.1. The standard InChI is InChI=1S/C26H29N11O3/c1-17-30-31-24(40-17)18-5-3-6-19(15-18)34-11-8-33(9-12-34)10-13-35-25-29-23-22(37(25)32(2)26(35)38)21(28-16-36(23)27)20-7-4-14-39-20/h3-7,14-16,25H,8-13,27H2,1-2H3. The molecule has 14 nitrogen and oxygen atoms in total. The number of aliphatic imine (C=N–C) groups is 2. The maximum atomic E-state index is 13.3. The first kappa shape index (κ1) is 24.4. The Labute approximate surface area is 230 Å². The number of aryl methyl sites for hydroxylation is 1. The molecule has 14 heteroatoms. The Hall–Kier alpha value is -4.69. The van der Waals surface area contributed by atoms with E-state index in [1.54, 1.807) is 36.2 Å². The summed E-state index contributed by atoms with van der Waals surface area (Å²) in [6, 6.07) is 11.7. The molecule has 2 amide bonds. The monoisotopic (exact) mass is 543 g/mol. The molecule has 2 N–H and O–H groups in total. The molecule has 1 unspecified atom stereocenters. The third-order valence-corrected chi connectivity index (χ3v) is 7.57. The third-order valence-electron chi connectivity index (χ3n) is 7.57. The highest BCUT2D eigenvalue weighted by molar-refractivity contribution is 6.12. The van der Waals surface area contributed by atoms with Crippen LogP contribution in [-0.4, -0.2) is 106 Å². The minimum Gasteiger partial charge on any atom is -0.463 e. The van der Waals surface area contributed by atoms with Crippen LogP contribution in [0.5, 0.6) is 0 Å². The number of carbonyl (C=O) groups is 1. The fourth-order valence-electron chi connectivity index (χ4n) is 5.50. The summed E-state index contributed by atoms with van der Waals surface area (Å²) in [5.74, 6) is 8.38. The Bertz CT molecular complexity index is 1520. The Morgan fingerprint density at radius 3 is 2.67 bits per heavy atom. The largest absolute Gasteiger partial charge is 0.463 e. The number of hydrogen-bond acceptors (Lipinski definition) is 12. The predicted molar refractivity (Wildman–Crippen MR) is 146 cm³/mol. The molecule has 6 heterocycles. The van der Waals surface area contributed by atoms with Crippen LogP contribution in [0.15, 0.2) is 67.2 Å². The smallest absolute Gasteiger partial charge is 0.341 e. The van der Waals surface area contributed by atoms with E-state index in [4.69, 9.17) is 19.7 Å². The van der Waals surface area contributed by atoms with Gasteiger partial charge in [-0.2, -0.15) is 0 Å². The van der Waals surface area contributed by atoms with Gasteiger partial charge in [0.1, 0.15) is 17.7 Å². The van der Waals surface area contributed by atoms with Gasteiger partial charge in [0.15, 0.2) is 11.6 Å². The number of hydrogen-bond donors (Lipinski definition) is 1. The number of amidine groups is 1. The van der Waals surface area contributed by atoms with Gasteiger partial charge in [-0.05, 0) is 30.3 Å². The number of urea groups is 1. The summed E-state index contributed by atoms with van der Waals surface area (Å²) < 4.78 is 11.2. The van der Waals surface area contributed by atoms with Gasteiger partial charge in [0, 0.05) is 64.5 Å². The maximum absolute atomic E-state index is 13.3. The molecule has 2 aromatic heterocycles. The van der Waals surface area contributed by atoms with Crippen molar-refractivity contribution in [1.82, 2.24) is 35.0 Å². The average molecular weight is 544 g/mol. The van der Waals surface area contributed by atoms with Gasteiger partial charge in [-0.15, -0.1) is 10.2 Å². The van der Waals surface area contributed by atoms with Crippen LogP contribution in [0.3, 0.4) is 0 Å². The molecular formula is C26H29N11O3. The molecule has 3 aromatic rings. The summed E-state index contributed by atoms with van der Waals surface area (Å²) in [6.45, 7) is 6.55. The van der Waals surface area contributed by atoms with Crippen molar-refractivity contribution in [3.05, 3.63) is 60.0 Å². The van der Waals surface area contributed by atoms with Gasteiger partial charge >= 0.3 is 6.03 Å². The minimum absolute atomic E-state index is 0.121. The lowest BCUT2D eigenvalue weighted by molar-refractivity contribution is 0.0841. The van der Waals surface area contributed by atoms with Crippen molar-refractivity contribution in [2.75, 3.05) is 51.2 Å². The van der Waals surface area contributed by atoms with Gasteiger partial charge in [-0.1, -0.05) is 6.07 Å². The molecule has 1 atom stereocenters. The zero-order valence-electron chi connectivity index (χ0n) is 22.2. The molecule has 0 radical (unpaired) electrons. The van der Waals surface area contributed by atoms with Crippen molar-refractivity contribution in [2.45, 2.75) is 13.2 Å². The summed E-state index contributed by atoms with van der Waals surface area (Å²) in [7, 11) is 1.74. The number of benzene rings is 1. The molecule has 4 aliphatic rings. The first-order valence-electron chi connectivity index (χ1n) is 13.1. The van der Waals surface area contributed by atoms with E-state index in [1.165, 1.54) is 11.3 Å². The number of hydrazine groups is 2. The van der Waals surface area contributed by atoms with Crippen molar-refractivity contribution < 1.29 is 13.6 Å². The van der Waals surface area contributed by atoms with E-state index in [1.807, 2.05) is 23.2 Å². The zero-order chi connectivity index (χ0) is 27.4. The third kappa shape index (κ3) is 3.99. The second kappa shape index (κ2) is 9.50. The molecule has 40 heavy (non-hydrogen) atoms. The summed E-state index contributed by atoms with van der Waals surface area (Å²) in [6.07, 6.45) is 2.57. The number of amides is 2. The van der Waals surface area contributed by atoms with Gasteiger partial charge in [-0.25, -0.2) is 35.6 Å². The van der Waals surface area contributed by atoms with Crippen LogP contribution in [-0.2, 0) is 0 Å².